The zero-order chi connectivity index (χ0) is 14.2. The number of nitrogen functional groups attached to an aromatic ring is 1. The van der Waals surface area contributed by atoms with E-state index in [1.165, 1.54) is 10.7 Å². The molecule has 0 atom stereocenters. The van der Waals surface area contributed by atoms with E-state index in [-0.39, 0.29) is 17.0 Å². The van der Waals surface area contributed by atoms with Crippen molar-refractivity contribution in [2.75, 3.05) is 5.73 Å². The summed E-state index contributed by atoms with van der Waals surface area (Å²) < 4.78 is 20.6. The molecule has 7 heteroatoms. The fraction of sp³-hybridized carbons (Fsp3) is 0.167. The maximum absolute atomic E-state index is 13.7. The Morgan fingerprint density at radius 1 is 1.42 bits per heavy atom. The van der Waals surface area contributed by atoms with Crippen LogP contribution in [0.15, 0.2) is 18.2 Å². The van der Waals surface area contributed by atoms with Crippen LogP contribution >= 0.6 is 0 Å². The van der Waals surface area contributed by atoms with E-state index >= 15 is 0 Å². The first-order valence-corrected chi connectivity index (χ1v) is 5.46. The van der Waals surface area contributed by atoms with E-state index in [9.17, 15) is 9.18 Å². The summed E-state index contributed by atoms with van der Waals surface area (Å²) in [6.07, 6.45) is 0. The molecule has 2 aromatic rings. The van der Waals surface area contributed by atoms with Crippen molar-refractivity contribution in [1.29, 1.82) is 0 Å². The van der Waals surface area contributed by atoms with Gasteiger partial charge in [-0.15, -0.1) is 0 Å². The van der Waals surface area contributed by atoms with E-state index in [4.69, 9.17) is 16.2 Å². The normalized spacial score (nSPS) is 10.5. The lowest BCUT2D eigenvalue weighted by molar-refractivity contribution is 0.100. The summed E-state index contributed by atoms with van der Waals surface area (Å²) in [5.74, 6) is -1.22. The van der Waals surface area contributed by atoms with Gasteiger partial charge in [0.05, 0.1) is 11.3 Å². The lowest BCUT2D eigenvalue weighted by atomic mass is 10.1. The molecule has 0 aliphatic carbocycles. The van der Waals surface area contributed by atoms with Crippen LogP contribution in [0.25, 0.3) is 0 Å². The third-order valence-corrected chi connectivity index (χ3v) is 2.54. The fourth-order valence-electron chi connectivity index (χ4n) is 1.66. The molecule has 100 valence electrons. The first kappa shape index (κ1) is 12.9. The molecule has 0 unspecified atom stereocenters. The van der Waals surface area contributed by atoms with Crippen LogP contribution in [0, 0.1) is 12.7 Å². The summed E-state index contributed by atoms with van der Waals surface area (Å²) in [4.78, 5) is 11.2. The Morgan fingerprint density at radius 2 is 2.11 bits per heavy atom. The number of amides is 1. The molecule has 1 aromatic heterocycles. The highest BCUT2D eigenvalue weighted by Gasteiger charge is 2.15. The second-order valence-electron chi connectivity index (χ2n) is 4.08. The van der Waals surface area contributed by atoms with E-state index in [1.807, 2.05) is 0 Å². The van der Waals surface area contributed by atoms with Crippen LogP contribution < -0.4 is 16.2 Å². The predicted octanol–water partition coefficient (Wildman–Crippen LogP) is 1.34. The molecule has 1 heterocycles. The quantitative estimate of drug-likeness (QED) is 0.817. The number of aryl methyl sites for hydroxylation is 2. The number of benzene rings is 1. The number of carbonyl (C=O) groups excluding carboxylic acids is 1. The molecule has 0 saturated carbocycles. The molecule has 0 radical (unpaired) electrons. The minimum Gasteiger partial charge on any atom is -0.436 e. The highest BCUT2D eigenvalue weighted by atomic mass is 19.1. The summed E-state index contributed by atoms with van der Waals surface area (Å²) in [5, 5.41) is 4.06. The summed E-state index contributed by atoms with van der Waals surface area (Å²) in [6, 6.07) is 3.81. The number of rotatable bonds is 3. The Hall–Kier alpha value is -2.57. The van der Waals surface area contributed by atoms with Gasteiger partial charge >= 0.3 is 0 Å². The van der Waals surface area contributed by atoms with Crippen LogP contribution in [-0.2, 0) is 7.05 Å². The number of ether oxygens (including phenoxy) is 1. The minimum absolute atomic E-state index is 0.00953. The summed E-state index contributed by atoms with van der Waals surface area (Å²) >= 11 is 0. The van der Waals surface area contributed by atoms with Gasteiger partial charge in [-0.05, 0) is 13.0 Å². The SMILES string of the molecule is Cc1cc(Oc2cc(C(N)=O)c(N)cc2F)n(C)n1. The van der Waals surface area contributed by atoms with Crippen molar-refractivity contribution < 1.29 is 13.9 Å². The van der Waals surface area contributed by atoms with Crippen molar-refractivity contribution in [3.05, 3.63) is 35.3 Å². The number of carbonyl (C=O) groups is 1. The monoisotopic (exact) mass is 264 g/mol. The van der Waals surface area contributed by atoms with Gasteiger partial charge in [0, 0.05) is 24.9 Å². The van der Waals surface area contributed by atoms with E-state index < -0.39 is 11.7 Å². The zero-order valence-corrected chi connectivity index (χ0v) is 10.5. The van der Waals surface area contributed by atoms with Crippen molar-refractivity contribution in [2.24, 2.45) is 12.8 Å². The molecular weight excluding hydrogens is 251 g/mol. The van der Waals surface area contributed by atoms with Gasteiger partial charge < -0.3 is 16.2 Å². The summed E-state index contributed by atoms with van der Waals surface area (Å²) in [7, 11) is 1.66. The molecule has 4 N–H and O–H groups in total. The number of aromatic nitrogens is 2. The van der Waals surface area contributed by atoms with Crippen LogP contribution in [-0.4, -0.2) is 15.7 Å². The topological polar surface area (TPSA) is 96.2 Å². The van der Waals surface area contributed by atoms with Gasteiger partial charge in [0.2, 0.25) is 5.88 Å². The second kappa shape index (κ2) is 4.60. The van der Waals surface area contributed by atoms with Crippen LogP contribution in [0.5, 0.6) is 11.6 Å². The van der Waals surface area contributed by atoms with Crippen LogP contribution in [0.4, 0.5) is 10.1 Å². The zero-order valence-electron chi connectivity index (χ0n) is 10.5. The molecule has 1 amide bonds. The Kier molecular flexibility index (Phi) is 3.12. The standard InChI is InChI=1S/C12H13FN4O2/c1-6-3-11(17(2)16-6)19-10-4-7(12(15)18)9(14)5-8(10)13/h3-5H,14H2,1-2H3,(H2,15,18). The summed E-state index contributed by atoms with van der Waals surface area (Å²) in [6.45, 7) is 1.78. The molecule has 0 spiro atoms. The molecule has 19 heavy (non-hydrogen) atoms. The van der Waals surface area contributed by atoms with Gasteiger partial charge in [-0.1, -0.05) is 0 Å². The first-order valence-electron chi connectivity index (χ1n) is 5.46. The number of nitrogens with zero attached hydrogens (tertiary/aromatic N) is 2. The molecule has 0 aliphatic heterocycles. The average molecular weight is 264 g/mol. The lowest BCUT2D eigenvalue weighted by Crippen LogP contribution is -2.14. The van der Waals surface area contributed by atoms with Gasteiger partial charge in [-0.25, -0.2) is 9.07 Å². The molecule has 0 aliphatic rings. The third kappa shape index (κ3) is 2.49. The molecule has 0 fully saturated rings. The van der Waals surface area contributed by atoms with E-state index in [2.05, 4.69) is 5.10 Å². The van der Waals surface area contributed by atoms with Gasteiger partial charge in [-0.2, -0.15) is 5.10 Å². The second-order valence-corrected chi connectivity index (χ2v) is 4.08. The van der Waals surface area contributed by atoms with Crippen molar-refractivity contribution in [3.63, 3.8) is 0 Å². The number of primary amides is 1. The van der Waals surface area contributed by atoms with Crippen molar-refractivity contribution >= 4 is 11.6 Å². The molecule has 6 nitrogen and oxygen atoms in total. The Morgan fingerprint density at radius 3 is 2.63 bits per heavy atom. The molecule has 0 bridgehead atoms. The van der Waals surface area contributed by atoms with Crippen molar-refractivity contribution in [1.82, 2.24) is 9.78 Å². The van der Waals surface area contributed by atoms with Gasteiger partial charge in [0.25, 0.3) is 5.91 Å². The van der Waals surface area contributed by atoms with Gasteiger partial charge in [-0.3, -0.25) is 4.79 Å². The van der Waals surface area contributed by atoms with E-state index in [0.29, 0.717) is 5.88 Å². The molecular formula is C12H13FN4O2. The predicted molar refractivity (Wildman–Crippen MR) is 67.3 cm³/mol. The highest BCUT2D eigenvalue weighted by molar-refractivity contribution is 5.98. The number of nitrogens with two attached hydrogens (primary N) is 2. The van der Waals surface area contributed by atoms with E-state index in [0.717, 1.165) is 11.8 Å². The van der Waals surface area contributed by atoms with E-state index in [1.54, 1.807) is 20.0 Å². The maximum atomic E-state index is 13.7. The van der Waals surface area contributed by atoms with Crippen LogP contribution in [0.1, 0.15) is 16.1 Å². The number of hydrogen-bond donors (Lipinski definition) is 2. The Balaban J connectivity index is 2.42. The van der Waals surface area contributed by atoms with Gasteiger partial charge in [0.1, 0.15) is 0 Å². The minimum atomic E-state index is -0.747. The Labute approximate surface area is 108 Å². The van der Waals surface area contributed by atoms with Crippen molar-refractivity contribution in [2.45, 2.75) is 6.92 Å². The maximum Gasteiger partial charge on any atom is 0.250 e. The number of hydrogen-bond acceptors (Lipinski definition) is 4. The first-order chi connectivity index (χ1) is 8.88. The lowest BCUT2D eigenvalue weighted by Gasteiger charge is -2.09. The average Bonchev–Trinajstić information content (AvgIpc) is 2.60. The largest absolute Gasteiger partial charge is 0.436 e. The number of anilines is 1. The Bertz CT molecular complexity index is 651. The fourth-order valence-corrected chi connectivity index (χ4v) is 1.66. The highest BCUT2D eigenvalue weighted by Crippen LogP contribution is 2.28. The smallest absolute Gasteiger partial charge is 0.250 e. The van der Waals surface area contributed by atoms with Crippen LogP contribution in [0.2, 0.25) is 0 Å². The number of halogens is 1. The summed E-state index contributed by atoms with van der Waals surface area (Å²) in [5.41, 5.74) is 11.4. The molecule has 1 aromatic carbocycles. The molecule has 0 saturated heterocycles. The molecule has 2 rings (SSSR count). The van der Waals surface area contributed by atoms with Crippen molar-refractivity contribution in [3.8, 4) is 11.6 Å². The van der Waals surface area contributed by atoms with Gasteiger partial charge in [0.15, 0.2) is 11.6 Å². The van der Waals surface area contributed by atoms with Crippen LogP contribution in [0.3, 0.4) is 0 Å². The third-order valence-electron chi connectivity index (χ3n) is 2.54.